The number of halogens is 1. The van der Waals surface area contributed by atoms with E-state index in [2.05, 4.69) is 59.3 Å². The van der Waals surface area contributed by atoms with Gasteiger partial charge in [-0.3, -0.25) is 0 Å². The third-order valence-corrected chi connectivity index (χ3v) is 3.44. The van der Waals surface area contributed by atoms with E-state index >= 15 is 0 Å². The highest BCUT2D eigenvalue weighted by Gasteiger charge is 2.10. The molecule has 0 heterocycles. The van der Waals surface area contributed by atoms with Crippen LogP contribution in [0.1, 0.15) is 22.8 Å². The average Bonchev–Trinajstić information content (AvgIpc) is 2.41. The Balaban J connectivity index is 2.02. The number of hydrogen-bond acceptors (Lipinski definition) is 1. The number of aryl methyl sites for hydroxylation is 1. The highest BCUT2D eigenvalue weighted by molar-refractivity contribution is 9.09. The molecule has 0 bridgehead atoms. The summed E-state index contributed by atoms with van der Waals surface area (Å²) >= 11 is 3.53. The van der Waals surface area contributed by atoms with Crippen LogP contribution >= 0.6 is 15.9 Å². The van der Waals surface area contributed by atoms with E-state index < -0.39 is 0 Å². The van der Waals surface area contributed by atoms with Crippen molar-refractivity contribution in [2.24, 2.45) is 0 Å². The average molecular weight is 305 g/mol. The SMILES string of the molecule is Cc1cccc(C(CBr)OCc2ccccc2)c1. The predicted molar refractivity (Wildman–Crippen MR) is 78.9 cm³/mol. The van der Waals surface area contributed by atoms with Crippen LogP contribution < -0.4 is 0 Å². The van der Waals surface area contributed by atoms with Crippen LogP contribution in [-0.4, -0.2) is 5.33 Å². The maximum atomic E-state index is 5.97. The first-order chi connectivity index (χ1) is 8.79. The fraction of sp³-hybridized carbons (Fsp3) is 0.250. The standard InChI is InChI=1S/C16H17BrO/c1-13-6-5-9-15(10-13)16(11-17)18-12-14-7-3-2-4-8-14/h2-10,16H,11-12H2,1H3. The first kappa shape index (κ1) is 13.3. The molecule has 1 unspecified atom stereocenters. The summed E-state index contributed by atoms with van der Waals surface area (Å²) < 4.78 is 5.97. The van der Waals surface area contributed by atoms with E-state index in [0.29, 0.717) is 6.61 Å². The molecule has 0 aliphatic rings. The maximum Gasteiger partial charge on any atom is 0.0926 e. The molecule has 18 heavy (non-hydrogen) atoms. The van der Waals surface area contributed by atoms with Crippen LogP contribution in [0.2, 0.25) is 0 Å². The summed E-state index contributed by atoms with van der Waals surface area (Å²) in [5.41, 5.74) is 3.70. The number of benzene rings is 2. The molecule has 94 valence electrons. The molecule has 0 fully saturated rings. The van der Waals surface area contributed by atoms with E-state index in [4.69, 9.17) is 4.74 Å². The maximum absolute atomic E-state index is 5.97. The fourth-order valence-corrected chi connectivity index (χ4v) is 2.43. The van der Waals surface area contributed by atoms with Gasteiger partial charge in [0.25, 0.3) is 0 Å². The Hall–Kier alpha value is -1.12. The zero-order valence-electron chi connectivity index (χ0n) is 10.5. The highest BCUT2D eigenvalue weighted by atomic mass is 79.9. The summed E-state index contributed by atoms with van der Waals surface area (Å²) in [6, 6.07) is 18.7. The number of rotatable bonds is 5. The summed E-state index contributed by atoms with van der Waals surface area (Å²) in [5, 5.41) is 0.809. The Morgan fingerprint density at radius 2 is 1.83 bits per heavy atom. The Kier molecular flexibility index (Phi) is 4.97. The molecule has 0 aliphatic heterocycles. The van der Waals surface area contributed by atoms with Crippen molar-refractivity contribution in [1.82, 2.24) is 0 Å². The molecule has 2 aromatic rings. The van der Waals surface area contributed by atoms with Gasteiger partial charge in [-0.15, -0.1) is 0 Å². The van der Waals surface area contributed by atoms with Gasteiger partial charge in [-0.05, 0) is 18.1 Å². The second-order valence-electron chi connectivity index (χ2n) is 4.35. The quantitative estimate of drug-likeness (QED) is 0.731. The Morgan fingerprint density at radius 1 is 1.06 bits per heavy atom. The third kappa shape index (κ3) is 3.69. The number of alkyl halides is 1. The van der Waals surface area contributed by atoms with Crippen LogP contribution in [0.25, 0.3) is 0 Å². The molecule has 0 aliphatic carbocycles. The van der Waals surface area contributed by atoms with Gasteiger partial charge in [-0.25, -0.2) is 0 Å². The van der Waals surface area contributed by atoms with Crippen molar-refractivity contribution in [3.05, 3.63) is 71.3 Å². The molecule has 0 aromatic heterocycles. The number of ether oxygens (including phenoxy) is 1. The van der Waals surface area contributed by atoms with Crippen LogP contribution in [0, 0.1) is 6.92 Å². The minimum absolute atomic E-state index is 0.102. The summed E-state index contributed by atoms with van der Waals surface area (Å²) in [6.45, 7) is 2.75. The molecule has 1 nitrogen and oxygen atoms in total. The Bertz CT molecular complexity index is 481. The van der Waals surface area contributed by atoms with E-state index in [-0.39, 0.29) is 6.10 Å². The van der Waals surface area contributed by atoms with Crippen LogP contribution in [0.15, 0.2) is 54.6 Å². The van der Waals surface area contributed by atoms with Gasteiger partial charge in [0.15, 0.2) is 0 Å². The topological polar surface area (TPSA) is 9.23 Å². The molecule has 0 spiro atoms. The van der Waals surface area contributed by atoms with Gasteiger partial charge in [-0.1, -0.05) is 76.1 Å². The molecule has 2 rings (SSSR count). The lowest BCUT2D eigenvalue weighted by Crippen LogP contribution is -2.06. The largest absolute Gasteiger partial charge is 0.368 e. The molecule has 0 saturated heterocycles. The van der Waals surface area contributed by atoms with Crippen molar-refractivity contribution in [1.29, 1.82) is 0 Å². The van der Waals surface area contributed by atoms with Crippen molar-refractivity contribution >= 4 is 15.9 Å². The van der Waals surface area contributed by atoms with Crippen molar-refractivity contribution in [2.45, 2.75) is 19.6 Å². The van der Waals surface area contributed by atoms with Gasteiger partial charge in [0.1, 0.15) is 0 Å². The molecule has 2 heteroatoms. The van der Waals surface area contributed by atoms with Crippen molar-refractivity contribution in [3.8, 4) is 0 Å². The van der Waals surface area contributed by atoms with Crippen LogP contribution in [-0.2, 0) is 11.3 Å². The lowest BCUT2D eigenvalue weighted by atomic mass is 10.1. The van der Waals surface area contributed by atoms with E-state index in [9.17, 15) is 0 Å². The molecular formula is C16H17BrO. The van der Waals surface area contributed by atoms with Gasteiger partial charge in [-0.2, -0.15) is 0 Å². The van der Waals surface area contributed by atoms with Gasteiger partial charge in [0.2, 0.25) is 0 Å². The first-order valence-electron chi connectivity index (χ1n) is 6.07. The van der Waals surface area contributed by atoms with Gasteiger partial charge >= 0.3 is 0 Å². The fourth-order valence-electron chi connectivity index (χ4n) is 1.87. The second kappa shape index (κ2) is 6.72. The molecule has 0 radical (unpaired) electrons. The summed E-state index contributed by atoms with van der Waals surface area (Å²) in [7, 11) is 0. The van der Waals surface area contributed by atoms with E-state index in [1.54, 1.807) is 0 Å². The van der Waals surface area contributed by atoms with E-state index in [0.717, 1.165) is 5.33 Å². The minimum atomic E-state index is 0.102. The highest BCUT2D eigenvalue weighted by Crippen LogP contribution is 2.22. The third-order valence-electron chi connectivity index (χ3n) is 2.85. The monoisotopic (exact) mass is 304 g/mol. The van der Waals surface area contributed by atoms with Crippen LogP contribution in [0.4, 0.5) is 0 Å². The van der Waals surface area contributed by atoms with E-state index in [1.807, 2.05) is 18.2 Å². The van der Waals surface area contributed by atoms with Crippen LogP contribution in [0.5, 0.6) is 0 Å². The molecular weight excluding hydrogens is 288 g/mol. The zero-order valence-corrected chi connectivity index (χ0v) is 12.1. The van der Waals surface area contributed by atoms with Gasteiger partial charge < -0.3 is 4.74 Å². The summed E-state index contributed by atoms with van der Waals surface area (Å²) in [5.74, 6) is 0. The van der Waals surface area contributed by atoms with Gasteiger partial charge in [0, 0.05) is 5.33 Å². The van der Waals surface area contributed by atoms with Crippen molar-refractivity contribution in [3.63, 3.8) is 0 Å². The smallest absolute Gasteiger partial charge is 0.0926 e. The van der Waals surface area contributed by atoms with Crippen molar-refractivity contribution in [2.75, 3.05) is 5.33 Å². The van der Waals surface area contributed by atoms with Crippen LogP contribution in [0.3, 0.4) is 0 Å². The molecule has 2 aromatic carbocycles. The second-order valence-corrected chi connectivity index (χ2v) is 5.00. The lowest BCUT2D eigenvalue weighted by molar-refractivity contribution is 0.0565. The first-order valence-corrected chi connectivity index (χ1v) is 7.20. The molecule has 0 amide bonds. The molecule has 1 atom stereocenters. The molecule has 0 saturated carbocycles. The predicted octanol–water partition coefficient (Wildman–Crippen LogP) is 4.65. The molecule has 0 N–H and O–H groups in total. The lowest BCUT2D eigenvalue weighted by Gasteiger charge is -2.16. The van der Waals surface area contributed by atoms with Gasteiger partial charge in [0.05, 0.1) is 12.7 Å². The summed E-state index contributed by atoms with van der Waals surface area (Å²) in [4.78, 5) is 0. The van der Waals surface area contributed by atoms with E-state index in [1.165, 1.54) is 16.7 Å². The number of hydrogen-bond donors (Lipinski definition) is 0. The van der Waals surface area contributed by atoms with Crippen molar-refractivity contribution < 1.29 is 4.74 Å². The minimum Gasteiger partial charge on any atom is -0.368 e. The zero-order chi connectivity index (χ0) is 12.8. The summed E-state index contributed by atoms with van der Waals surface area (Å²) in [6.07, 6.45) is 0.102. The Morgan fingerprint density at radius 3 is 2.50 bits per heavy atom. The Labute approximate surface area is 117 Å². The normalized spacial score (nSPS) is 12.3.